The van der Waals surface area contributed by atoms with Gasteiger partial charge in [-0.15, -0.1) is 0 Å². The molecule has 1 rings (SSSR count). The van der Waals surface area contributed by atoms with E-state index in [0.717, 1.165) is 22.1 Å². The summed E-state index contributed by atoms with van der Waals surface area (Å²) >= 11 is 3.52. The highest BCUT2D eigenvalue weighted by Crippen LogP contribution is 2.26. The van der Waals surface area contributed by atoms with Crippen molar-refractivity contribution in [1.82, 2.24) is 0 Å². The van der Waals surface area contributed by atoms with Crippen molar-refractivity contribution in [3.63, 3.8) is 0 Å². The van der Waals surface area contributed by atoms with Crippen molar-refractivity contribution in [3.05, 3.63) is 28.2 Å². The first-order chi connectivity index (χ1) is 9.51. The first-order valence-electron chi connectivity index (χ1n) is 7.59. The molecule has 0 N–H and O–H groups in total. The summed E-state index contributed by atoms with van der Waals surface area (Å²) in [5.41, 5.74) is 2.18. The molecule has 1 aromatic carbocycles. The van der Waals surface area contributed by atoms with E-state index in [0.29, 0.717) is 6.42 Å². The van der Waals surface area contributed by atoms with Crippen LogP contribution in [0.2, 0.25) is 0 Å². The van der Waals surface area contributed by atoms with Crippen LogP contribution in [0.4, 0.5) is 5.69 Å². The lowest BCUT2D eigenvalue weighted by Crippen LogP contribution is -2.38. The number of unbranched alkanes of at least 4 members (excludes halogenated alkanes) is 2. The van der Waals surface area contributed by atoms with E-state index in [-0.39, 0.29) is 11.9 Å². The lowest BCUT2D eigenvalue weighted by Gasteiger charge is -2.30. The van der Waals surface area contributed by atoms with E-state index in [2.05, 4.69) is 42.8 Å². The van der Waals surface area contributed by atoms with Crippen molar-refractivity contribution in [1.29, 1.82) is 0 Å². The smallest absolute Gasteiger partial charge is 0.226 e. The average molecular weight is 340 g/mol. The predicted octanol–water partition coefficient (Wildman–Crippen LogP) is 5.47. The molecule has 0 aliphatic carbocycles. The van der Waals surface area contributed by atoms with E-state index in [4.69, 9.17) is 0 Å². The molecule has 0 spiro atoms. The topological polar surface area (TPSA) is 20.3 Å². The SMILES string of the molecule is CCCCCC(C)N(C(=O)CC)c1ccc(Br)c(C)c1. The summed E-state index contributed by atoms with van der Waals surface area (Å²) in [6.07, 6.45) is 5.24. The summed E-state index contributed by atoms with van der Waals surface area (Å²) in [7, 11) is 0. The van der Waals surface area contributed by atoms with E-state index < -0.39 is 0 Å². The second kappa shape index (κ2) is 8.46. The van der Waals surface area contributed by atoms with Crippen LogP contribution in [0, 0.1) is 6.92 Å². The molecule has 0 saturated carbocycles. The number of hydrogen-bond donors (Lipinski definition) is 0. The standard InChI is InChI=1S/C17H26BrNO/c1-5-7-8-9-14(4)19(17(20)6-2)15-10-11-16(18)13(3)12-15/h10-12,14H,5-9H2,1-4H3. The molecule has 1 amide bonds. The third-order valence-corrected chi connectivity index (χ3v) is 4.55. The Hall–Kier alpha value is -0.830. The van der Waals surface area contributed by atoms with Crippen LogP contribution < -0.4 is 4.90 Å². The first-order valence-corrected chi connectivity index (χ1v) is 8.38. The number of anilines is 1. The van der Waals surface area contributed by atoms with Crippen LogP contribution in [0.25, 0.3) is 0 Å². The zero-order chi connectivity index (χ0) is 15.1. The lowest BCUT2D eigenvalue weighted by atomic mass is 10.1. The van der Waals surface area contributed by atoms with E-state index >= 15 is 0 Å². The van der Waals surface area contributed by atoms with Crippen LogP contribution >= 0.6 is 15.9 Å². The molecule has 1 unspecified atom stereocenters. The monoisotopic (exact) mass is 339 g/mol. The number of hydrogen-bond acceptors (Lipinski definition) is 1. The van der Waals surface area contributed by atoms with Crippen molar-refractivity contribution >= 4 is 27.5 Å². The van der Waals surface area contributed by atoms with Gasteiger partial charge in [0.25, 0.3) is 0 Å². The number of carbonyl (C=O) groups excluding carboxylic acids is 1. The zero-order valence-corrected chi connectivity index (χ0v) is 14.7. The maximum atomic E-state index is 12.3. The molecule has 1 aromatic rings. The molecule has 0 heterocycles. The van der Waals surface area contributed by atoms with E-state index in [1.54, 1.807) is 0 Å². The highest BCUT2D eigenvalue weighted by atomic mass is 79.9. The molecule has 0 aromatic heterocycles. The molecule has 112 valence electrons. The van der Waals surface area contributed by atoms with Gasteiger partial charge in [-0.25, -0.2) is 0 Å². The molecular weight excluding hydrogens is 314 g/mol. The summed E-state index contributed by atoms with van der Waals surface area (Å²) in [5.74, 6) is 0.204. The summed E-state index contributed by atoms with van der Waals surface area (Å²) in [5, 5.41) is 0. The highest BCUT2D eigenvalue weighted by molar-refractivity contribution is 9.10. The van der Waals surface area contributed by atoms with Crippen molar-refractivity contribution < 1.29 is 4.79 Å². The number of rotatable bonds is 7. The van der Waals surface area contributed by atoms with Gasteiger partial charge >= 0.3 is 0 Å². The van der Waals surface area contributed by atoms with Crippen LogP contribution in [0.1, 0.15) is 58.4 Å². The van der Waals surface area contributed by atoms with Crippen LogP contribution in [0.15, 0.2) is 22.7 Å². The Balaban J connectivity index is 2.93. The van der Waals surface area contributed by atoms with Gasteiger partial charge in [-0.2, -0.15) is 0 Å². The second-order valence-electron chi connectivity index (χ2n) is 5.40. The Morgan fingerprint density at radius 3 is 2.55 bits per heavy atom. The third kappa shape index (κ3) is 4.62. The van der Waals surface area contributed by atoms with Gasteiger partial charge in [-0.1, -0.05) is 49.0 Å². The lowest BCUT2D eigenvalue weighted by molar-refractivity contribution is -0.118. The number of halogens is 1. The predicted molar refractivity (Wildman–Crippen MR) is 90.3 cm³/mol. The van der Waals surface area contributed by atoms with Crippen molar-refractivity contribution in [3.8, 4) is 0 Å². The van der Waals surface area contributed by atoms with Gasteiger partial charge in [0.2, 0.25) is 5.91 Å². The molecule has 2 nitrogen and oxygen atoms in total. The van der Waals surface area contributed by atoms with Gasteiger partial charge < -0.3 is 4.90 Å². The largest absolute Gasteiger partial charge is 0.310 e. The van der Waals surface area contributed by atoms with Crippen molar-refractivity contribution in [2.24, 2.45) is 0 Å². The Bertz CT molecular complexity index is 445. The summed E-state index contributed by atoms with van der Waals surface area (Å²) in [6.45, 7) is 8.35. The van der Waals surface area contributed by atoms with E-state index in [1.807, 2.05) is 24.0 Å². The third-order valence-electron chi connectivity index (χ3n) is 3.66. The van der Waals surface area contributed by atoms with Gasteiger partial charge in [-0.05, 0) is 44.0 Å². The number of carbonyl (C=O) groups is 1. The van der Waals surface area contributed by atoms with Crippen LogP contribution in [-0.2, 0) is 4.79 Å². The van der Waals surface area contributed by atoms with Crippen LogP contribution in [0.5, 0.6) is 0 Å². The minimum Gasteiger partial charge on any atom is -0.310 e. The Morgan fingerprint density at radius 2 is 2.00 bits per heavy atom. The Kier molecular flexibility index (Phi) is 7.28. The molecule has 20 heavy (non-hydrogen) atoms. The molecule has 0 aliphatic rings. The van der Waals surface area contributed by atoms with Crippen molar-refractivity contribution in [2.75, 3.05) is 4.90 Å². The summed E-state index contributed by atoms with van der Waals surface area (Å²) < 4.78 is 1.09. The van der Waals surface area contributed by atoms with Gasteiger partial charge in [0.05, 0.1) is 0 Å². The first kappa shape index (κ1) is 17.2. The summed E-state index contributed by atoms with van der Waals surface area (Å²) in [6, 6.07) is 6.41. The molecule has 0 radical (unpaired) electrons. The van der Waals surface area contributed by atoms with Crippen LogP contribution in [0.3, 0.4) is 0 Å². The summed E-state index contributed by atoms with van der Waals surface area (Å²) in [4.78, 5) is 14.3. The second-order valence-corrected chi connectivity index (χ2v) is 6.25. The number of nitrogens with zero attached hydrogens (tertiary/aromatic N) is 1. The fraction of sp³-hybridized carbons (Fsp3) is 0.588. The fourth-order valence-corrected chi connectivity index (χ4v) is 2.66. The molecule has 0 aliphatic heterocycles. The van der Waals surface area contributed by atoms with Gasteiger partial charge in [-0.3, -0.25) is 4.79 Å². The fourth-order valence-electron chi connectivity index (χ4n) is 2.41. The molecule has 0 fully saturated rings. The average Bonchev–Trinajstić information content (AvgIpc) is 2.43. The van der Waals surface area contributed by atoms with E-state index in [9.17, 15) is 4.79 Å². The molecule has 1 atom stereocenters. The zero-order valence-electron chi connectivity index (χ0n) is 13.1. The van der Waals surface area contributed by atoms with Gasteiger partial charge in [0, 0.05) is 22.6 Å². The van der Waals surface area contributed by atoms with Gasteiger partial charge in [0.15, 0.2) is 0 Å². The minimum atomic E-state index is 0.204. The Morgan fingerprint density at radius 1 is 1.30 bits per heavy atom. The number of benzene rings is 1. The molecule has 0 saturated heterocycles. The number of amides is 1. The Labute approximate surface area is 131 Å². The minimum absolute atomic E-state index is 0.204. The normalized spacial score (nSPS) is 12.2. The highest BCUT2D eigenvalue weighted by Gasteiger charge is 2.20. The molecule has 0 bridgehead atoms. The molecular formula is C17H26BrNO. The maximum Gasteiger partial charge on any atom is 0.226 e. The van der Waals surface area contributed by atoms with E-state index in [1.165, 1.54) is 19.3 Å². The van der Waals surface area contributed by atoms with Crippen LogP contribution in [-0.4, -0.2) is 11.9 Å². The number of aryl methyl sites for hydroxylation is 1. The quantitative estimate of drug-likeness (QED) is 0.603. The van der Waals surface area contributed by atoms with Gasteiger partial charge in [0.1, 0.15) is 0 Å². The van der Waals surface area contributed by atoms with Crippen molar-refractivity contribution in [2.45, 2.75) is 65.8 Å². The molecule has 3 heteroatoms. The maximum absolute atomic E-state index is 12.3.